The summed E-state index contributed by atoms with van der Waals surface area (Å²) in [6.07, 6.45) is 7.31. The van der Waals surface area contributed by atoms with Crippen molar-refractivity contribution < 1.29 is 29.0 Å². The van der Waals surface area contributed by atoms with Gasteiger partial charge in [-0.3, -0.25) is 14.4 Å². The zero-order valence-corrected chi connectivity index (χ0v) is 25.9. The van der Waals surface area contributed by atoms with Crippen LogP contribution in [-0.2, 0) is 19.1 Å². The van der Waals surface area contributed by atoms with Gasteiger partial charge in [-0.15, -0.1) is 0 Å². The number of hydrogen-bond acceptors (Lipinski definition) is 6. The van der Waals surface area contributed by atoms with Gasteiger partial charge in [-0.2, -0.15) is 0 Å². The Labute approximate surface area is 262 Å². The summed E-state index contributed by atoms with van der Waals surface area (Å²) in [5.74, 6) is -2.24. The van der Waals surface area contributed by atoms with Crippen LogP contribution in [0.1, 0.15) is 27.2 Å². The Bertz CT molecular complexity index is 1490. The molecule has 0 bridgehead atoms. The lowest BCUT2D eigenvalue weighted by Gasteiger charge is -2.40. The van der Waals surface area contributed by atoms with Crippen LogP contribution in [0.3, 0.4) is 0 Å². The predicted molar refractivity (Wildman–Crippen MR) is 168 cm³/mol. The molecule has 10 heteroatoms. The highest BCUT2D eigenvalue weighted by molar-refractivity contribution is 6.34. The van der Waals surface area contributed by atoms with Crippen LogP contribution in [0.4, 0.5) is 11.4 Å². The van der Waals surface area contributed by atoms with Gasteiger partial charge >= 0.3 is 0 Å². The second-order valence-corrected chi connectivity index (χ2v) is 12.2. The molecule has 232 valence electrons. The minimum atomic E-state index is -1.41. The largest absolute Gasteiger partial charge is 0.494 e. The van der Waals surface area contributed by atoms with E-state index in [-0.39, 0.29) is 36.8 Å². The lowest BCUT2D eigenvalue weighted by Crippen LogP contribution is -2.59. The molecule has 4 heterocycles. The second-order valence-electron chi connectivity index (χ2n) is 11.8. The standard InChI is InChI=1S/C34H38ClN3O6/c1-4-21(3)26(20-39)38-30-33(42)37(25-11-7-6-10-24(25)35)19-9-17-34(30)29(32(38)41)28-27(44-34)12-8-18-36(31(28)40)22-13-15-23(16-14-22)43-5-2/h6-17,21,26-30,39H,4-5,18-20H2,1-3H3/t21-,26-,27-,28+,29-,30?,34-/m0/s1. The van der Waals surface area contributed by atoms with Crippen molar-refractivity contribution in [1.82, 2.24) is 4.90 Å². The van der Waals surface area contributed by atoms with Crippen molar-refractivity contribution in [3.8, 4) is 5.75 Å². The van der Waals surface area contributed by atoms with Crippen molar-refractivity contribution in [3.05, 3.63) is 77.9 Å². The molecule has 1 N–H and O–H groups in total. The zero-order valence-electron chi connectivity index (χ0n) is 25.1. The van der Waals surface area contributed by atoms with Gasteiger partial charge in [0.15, 0.2) is 0 Å². The van der Waals surface area contributed by atoms with Gasteiger partial charge in [-0.05, 0) is 49.2 Å². The molecule has 2 saturated heterocycles. The summed E-state index contributed by atoms with van der Waals surface area (Å²) in [7, 11) is 0. The maximum absolute atomic E-state index is 14.7. The molecule has 9 nitrogen and oxygen atoms in total. The number of rotatable bonds is 8. The third kappa shape index (κ3) is 4.73. The summed E-state index contributed by atoms with van der Waals surface area (Å²) in [6.45, 7) is 6.56. The highest BCUT2D eigenvalue weighted by Crippen LogP contribution is 2.55. The highest BCUT2D eigenvalue weighted by Gasteiger charge is 2.72. The summed E-state index contributed by atoms with van der Waals surface area (Å²) in [5, 5.41) is 11.0. The number of halogens is 1. The number of para-hydroxylation sites is 1. The van der Waals surface area contributed by atoms with E-state index in [4.69, 9.17) is 21.1 Å². The minimum Gasteiger partial charge on any atom is -0.494 e. The van der Waals surface area contributed by atoms with E-state index in [1.807, 2.05) is 63.3 Å². The topological polar surface area (TPSA) is 99.6 Å². The SMILES string of the molecule is CCOc1ccc(N2CC=C[C@@H]3O[C@]45C=CCN(c6ccccc6Cl)C(=O)C4N([C@@H](CO)[C@@H](C)CC)C(=O)[C@@H]5[C@@H]3C2=O)cc1. The first-order chi connectivity index (χ1) is 21.3. The zero-order chi connectivity index (χ0) is 31.2. The lowest BCUT2D eigenvalue weighted by atomic mass is 9.77. The van der Waals surface area contributed by atoms with Crippen LogP contribution in [0.5, 0.6) is 5.75 Å². The first kappa shape index (κ1) is 30.4. The van der Waals surface area contributed by atoms with Gasteiger partial charge in [0, 0.05) is 18.8 Å². The predicted octanol–water partition coefficient (Wildman–Crippen LogP) is 4.23. The molecule has 0 saturated carbocycles. The minimum absolute atomic E-state index is 0.116. The maximum Gasteiger partial charge on any atom is 0.253 e. The molecule has 3 amide bonds. The van der Waals surface area contributed by atoms with E-state index >= 15 is 0 Å². The normalized spacial score (nSPS) is 29.2. The van der Waals surface area contributed by atoms with Gasteiger partial charge in [-0.25, -0.2) is 0 Å². The molecule has 2 fully saturated rings. The number of fused-ring (bicyclic) bond motifs is 2. The van der Waals surface area contributed by atoms with E-state index in [1.54, 1.807) is 40.1 Å². The monoisotopic (exact) mass is 619 g/mol. The van der Waals surface area contributed by atoms with Crippen molar-refractivity contribution in [2.24, 2.45) is 17.8 Å². The summed E-state index contributed by atoms with van der Waals surface area (Å²) in [4.78, 5) is 48.6. The van der Waals surface area contributed by atoms with E-state index in [9.17, 15) is 19.5 Å². The molecule has 1 spiro atoms. The van der Waals surface area contributed by atoms with Crippen LogP contribution in [0.15, 0.2) is 72.8 Å². The van der Waals surface area contributed by atoms with E-state index in [0.29, 0.717) is 41.7 Å². The third-order valence-electron chi connectivity index (χ3n) is 9.54. The number of aliphatic hydroxyl groups is 1. The van der Waals surface area contributed by atoms with Crippen LogP contribution in [0.2, 0.25) is 5.02 Å². The van der Waals surface area contributed by atoms with E-state index < -0.39 is 35.6 Å². The highest BCUT2D eigenvalue weighted by atomic mass is 35.5. The molecule has 1 unspecified atom stereocenters. The molecule has 2 aromatic carbocycles. The average Bonchev–Trinajstić information content (AvgIpc) is 3.34. The van der Waals surface area contributed by atoms with Crippen molar-refractivity contribution in [1.29, 1.82) is 0 Å². The molecule has 0 aromatic heterocycles. The summed E-state index contributed by atoms with van der Waals surface area (Å²) in [5.41, 5.74) is -0.221. The fourth-order valence-electron chi connectivity index (χ4n) is 7.26. The maximum atomic E-state index is 14.7. The fourth-order valence-corrected chi connectivity index (χ4v) is 7.49. The van der Waals surface area contributed by atoms with Gasteiger partial charge in [0.1, 0.15) is 17.4 Å². The molecule has 2 aromatic rings. The van der Waals surface area contributed by atoms with Crippen LogP contribution < -0.4 is 14.5 Å². The number of hydrogen-bond donors (Lipinski definition) is 1. The van der Waals surface area contributed by atoms with E-state index in [2.05, 4.69) is 0 Å². The summed E-state index contributed by atoms with van der Waals surface area (Å²) in [6, 6.07) is 12.6. The second kappa shape index (κ2) is 12.0. The van der Waals surface area contributed by atoms with Crippen LogP contribution >= 0.6 is 11.6 Å². The number of benzene rings is 2. The Morgan fingerprint density at radius 2 is 1.73 bits per heavy atom. The fraction of sp³-hybridized carbons (Fsp3) is 0.441. The number of ether oxygens (including phenoxy) is 2. The Morgan fingerprint density at radius 3 is 2.41 bits per heavy atom. The van der Waals surface area contributed by atoms with Crippen molar-refractivity contribution in [2.75, 3.05) is 36.1 Å². The molecule has 4 aliphatic rings. The van der Waals surface area contributed by atoms with Crippen LogP contribution in [0, 0.1) is 17.8 Å². The molecule has 0 aliphatic carbocycles. The molecule has 7 atom stereocenters. The van der Waals surface area contributed by atoms with Gasteiger partial charge < -0.3 is 29.3 Å². The number of aliphatic hydroxyl groups excluding tert-OH is 1. The Balaban J connectivity index is 1.45. The van der Waals surface area contributed by atoms with E-state index in [1.165, 1.54) is 4.90 Å². The molecule has 4 aliphatic heterocycles. The Hall–Kier alpha value is -3.66. The number of carbonyl (C=O) groups excluding carboxylic acids is 3. The number of anilines is 2. The van der Waals surface area contributed by atoms with Gasteiger partial charge in [-0.1, -0.05) is 68.3 Å². The van der Waals surface area contributed by atoms with Gasteiger partial charge in [0.2, 0.25) is 11.8 Å². The smallest absolute Gasteiger partial charge is 0.253 e. The molecule has 6 rings (SSSR count). The van der Waals surface area contributed by atoms with Crippen molar-refractivity contribution >= 4 is 40.7 Å². The van der Waals surface area contributed by atoms with Gasteiger partial charge in [0.05, 0.1) is 47.9 Å². The van der Waals surface area contributed by atoms with Crippen molar-refractivity contribution in [2.45, 2.75) is 51.0 Å². The summed E-state index contributed by atoms with van der Waals surface area (Å²) < 4.78 is 12.4. The molecule has 0 radical (unpaired) electrons. The third-order valence-corrected chi connectivity index (χ3v) is 9.86. The van der Waals surface area contributed by atoms with Crippen LogP contribution in [-0.4, -0.2) is 77.8 Å². The summed E-state index contributed by atoms with van der Waals surface area (Å²) >= 11 is 6.56. The first-order valence-electron chi connectivity index (χ1n) is 15.3. The van der Waals surface area contributed by atoms with Gasteiger partial charge in [0.25, 0.3) is 5.91 Å². The average molecular weight is 620 g/mol. The number of nitrogens with zero attached hydrogens (tertiary/aromatic N) is 3. The Kier molecular flexibility index (Phi) is 8.30. The number of carbonyl (C=O) groups is 3. The number of likely N-dealkylation sites (tertiary alicyclic amines) is 1. The molecular formula is C34H38ClN3O6. The van der Waals surface area contributed by atoms with Crippen LogP contribution in [0.25, 0.3) is 0 Å². The van der Waals surface area contributed by atoms with Crippen molar-refractivity contribution in [3.63, 3.8) is 0 Å². The molecular weight excluding hydrogens is 582 g/mol. The Morgan fingerprint density at radius 1 is 1.00 bits per heavy atom. The first-order valence-corrected chi connectivity index (χ1v) is 15.7. The quantitative estimate of drug-likeness (QED) is 0.444. The molecule has 44 heavy (non-hydrogen) atoms. The van der Waals surface area contributed by atoms with E-state index in [0.717, 1.165) is 0 Å². The number of amides is 3. The lowest BCUT2D eigenvalue weighted by molar-refractivity contribution is -0.145.